The molecule has 1 aromatic rings. The first-order valence-electron chi connectivity index (χ1n) is 6.69. The van der Waals surface area contributed by atoms with Gasteiger partial charge in [0.15, 0.2) is 0 Å². The fourth-order valence-electron chi connectivity index (χ4n) is 1.89. The van der Waals surface area contributed by atoms with E-state index >= 15 is 0 Å². The molecule has 0 radical (unpaired) electrons. The van der Waals surface area contributed by atoms with Crippen LogP contribution in [0.1, 0.15) is 26.3 Å². The molecule has 1 aromatic carbocycles. The minimum Gasteiger partial charge on any atom is -0.494 e. The normalized spacial score (nSPS) is 11.6. The Morgan fingerprint density at radius 2 is 1.78 bits per heavy atom. The second-order valence-electron chi connectivity index (χ2n) is 5.12. The standard InChI is InChI=1S/C15H26N2O/c1-5-18-14-8-6-13(7-9-14)15(2,3)12-17-11-10-16-4/h6-9,16-17H,5,10-12H2,1-4H3. The van der Waals surface area contributed by atoms with E-state index in [1.54, 1.807) is 0 Å². The predicted molar refractivity (Wildman–Crippen MR) is 77.4 cm³/mol. The SMILES string of the molecule is CCOc1ccc(C(C)(C)CNCCNC)cc1. The van der Waals surface area contributed by atoms with E-state index in [4.69, 9.17) is 4.74 Å². The van der Waals surface area contributed by atoms with E-state index in [0.717, 1.165) is 25.4 Å². The number of likely N-dealkylation sites (N-methyl/N-ethyl adjacent to an activating group) is 1. The molecule has 0 amide bonds. The number of hydrogen-bond donors (Lipinski definition) is 2. The Hall–Kier alpha value is -1.06. The van der Waals surface area contributed by atoms with Gasteiger partial charge in [0.25, 0.3) is 0 Å². The summed E-state index contributed by atoms with van der Waals surface area (Å²) < 4.78 is 5.46. The van der Waals surface area contributed by atoms with Crippen molar-refractivity contribution < 1.29 is 4.74 Å². The lowest BCUT2D eigenvalue weighted by Crippen LogP contribution is -2.36. The largest absolute Gasteiger partial charge is 0.494 e. The number of benzene rings is 1. The third-order valence-electron chi connectivity index (χ3n) is 3.07. The summed E-state index contributed by atoms with van der Waals surface area (Å²) in [6.45, 7) is 10.2. The molecule has 3 heteroatoms. The zero-order valence-electron chi connectivity index (χ0n) is 12.0. The molecule has 0 spiro atoms. The molecule has 2 N–H and O–H groups in total. The van der Waals surface area contributed by atoms with Crippen LogP contribution in [-0.2, 0) is 5.41 Å². The van der Waals surface area contributed by atoms with Gasteiger partial charge in [0.05, 0.1) is 6.61 Å². The monoisotopic (exact) mass is 250 g/mol. The Bertz CT molecular complexity index is 333. The second kappa shape index (κ2) is 7.39. The van der Waals surface area contributed by atoms with Crippen LogP contribution >= 0.6 is 0 Å². The maximum absolute atomic E-state index is 5.46. The van der Waals surface area contributed by atoms with Crippen LogP contribution in [0.3, 0.4) is 0 Å². The predicted octanol–water partition coefficient (Wildman–Crippen LogP) is 2.17. The summed E-state index contributed by atoms with van der Waals surface area (Å²) in [4.78, 5) is 0. The van der Waals surface area contributed by atoms with Gasteiger partial charge < -0.3 is 15.4 Å². The molecule has 1 rings (SSSR count). The van der Waals surface area contributed by atoms with Gasteiger partial charge in [-0.25, -0.2) is 0 Å². The third-order valence-corrected chi connectivity index (χ3v) is 3.07. The molecule has 0 saturated carbocycles. The van der Waals surface area contributed by atoms with Crippen LogP contribution in [0.25, 0.3) is 0 Å². The van der Waals surface area contributed by atoms with Crippen LogP contribution in [-0.4, -0.2) is 33.3 Å². The molecule has 18 heavy (non-hydrogen) atoms. The highest BCUT2D eigenvalue weighted by atomic mass is 16.5. The fraction of sp³-hybridized carbons (Fsp3) is 0.600. The van der Waals surface area contributed by atoms with Crippen molar-refractivity contribution >= 4 is 0 Å². The van der Waals surface area contributed by atoms with Crippen molar-refractivity contribution in [1.29, 1.82) is 0 Å². The first-order chi connectivity index (χ1) is 8.60. The van der Waals surface area contributed by atoms with E-state index in [2.05, 4.69) is 36.6 Å². The summed E-state index contributed by atoms with van der Waals surface area (Å²) in [5.74, 6) is 0.945. The van der Waals surface area contributed by atoms with Crippen LogP contribution < -0.4 is 15.4 Å². The molecule has 0 fully saturated rings. The summed E-state index contributed by atoms with van der Waals surface area (Å²) in [7, 11) is 1.97. The lowest BCUT2D eigenvalue weighted by Gasteiger charge is -2.26. The maximum Gasteiger partial charge on any atom is 0.119 e. The van der Waals surface area contributed by atoms with E-state index in [0.29, 0.717) is 6.61 Å². The highest BCUT2D eigenvalue weighted by molar-refractivity contribution is 5.31. The Balaban J connectivity index is 2.54. The van der Waals surface area contributed by atoms with Crippen molar-refractivity contribution in [3.8, 4) is 5.75 Å². The van der Waals surface area contributed by atoms with Gasteiger partial charge in [-0.05, 0) is 31.7 Å². The van der Waals surface area contributed by atoms with E-state index in [1.165, 1.54) is 5.56 Å². The number of rotatable bonds is 8. The number of nitrogens with one attached hydrogen (secondary N) is 2. The maximum atomic E-state index is 5.46. The molecule has 0 bridgehead atoms. The second-order valence-corrected chi connectivity index (χ2v) is 5.12. The topological polar surface area (TPSA) is 33.3 Å². The Morgan fingerprint density at radius 3 is 2.33 bits per heavy atom. The van der Waals surface area contributed by atoms with E-state index in [-0.39, 0.29) is 5.41 Å². The summed E-state index contributed by atoms with van der Waals surface area (Å²) in [6, 6.07) is 8.41. The van der Waals surface area contributed by atoms with E-state index < -0.39 is 0 Å². The van der Waals surface area contributed by atoms with Gasteiger partial charge >= 0.3 is 0 Å². The molecule has 102 valence electrons. The van der Waals surface area contributed by atoms with Crippen LogP contribution in [0.5, 0.6) is 5.75 Å². The van der Waals surface area contributed by atoms with Crippen molar-refractivity contribution in [3.63, 3.8) is 0 Å². The number of ether oxygens (including phenoxy) is 1. The molecule has 0 atom stereocenters. The smallest absolute Gasteiger partial charge is 0.119 e. The molecule has 0 aliphatic rings. The van der Waals surface area contributed by atoms with Crippen LogP contribution in [0, 0.1) is 0 Å². The molecule has 3 nitrogen and oxygen atoms in total. The Kier molecular flexibility index (Phi) is 6.16. The minimum atomic E-state index is 0.137. The first-order valence-corrected chi connectivity index (χ1v) is 6.69. The average Bonchev–Trinajstić information content (AvgIpc) is 2.36. The van der Waals surface area contributed by atoms with Crippen LogP contribution in [0.2, 0.25) is 0 Å². The highest BCUT2D eigenvalue weighted by Gasteiger charge is 2.19. The molecule has 0 aliphatic heterocycles. The summed E-state index contributed by atoms with van der Waals surface area (Å²) >= 11 is 0. The molecule has 0 aromatic heterocycles. The zero-order chi connectivity index (χ0) is 13.4. The first kappa shape index (κ1) is 15.0. The summed E-state index contributed by atoms with van der Waals surface area (Å²) in [5.41, 5.74) is 1.47. The molecule has 0 unspecified atom stereocenters. The highest BCUT2D eigenvalue weighted by Crippen LogP contribution is 2.24. The zero-order valence-corrected chi connectivity index (χ0v) is 12.0. The van der Waals surface area contributed by atoms with Crippen LogP contribution in [0.15, 0.2) is 24.3 Å². The van der Waals surface area contributed by atoms with E-state index in [9.17, 15) is 0 Å². The Labute approximate surface area is 111 Å². The quantitative estimate of drug-likeness (QED) is 0.694. The lowest BCUT2D eigenvalue weighted by molar-refractivity contribution is 0.340. The molecular formula is C15H26N2O. The van der Waals surface area contributed by atoms with Gasteiger partial charge in [-0.2, -0.15) is 0 Å². The van der Waals surface area contributed by atoms with Gasteiger partial charge in [0.1, 0.15) is 5.75 Å². The summed E-state index contributed by atoms with van der Waals surface area (Å²) in [6.07, 6.45) is 0. The molecule has 0 aliphatic carbocycles. The molecule has 0 saturated heterocycles. The van der Waals surface area contributed by atoms with Gasteiger partial charge in [0.2, 0.25) is 0 Å². The summed E-state index contributed by atoms with van der Waals surface area (Å²) in [5, 5.41) is 6.61. The van der Waals surface area contributed by atoms with Gasteiger partial charge in [-0.1, -0.05) is 26.0 Å². The molecular weight excluding hydrogens is 224 g/mol. The third kappa shape index (κ3) is 4.67. The van der Waals surface area contributed by atoms with Crippen molar-refractivity contribution in [2.24, 2.45) is 0 Å². The van der Waals surface area contributed by atoms with E-state index in [1.807, 2.05) is 26.1 Å². The minimum absolute atomic E-state index is 0.137. The van der Waals surface area contributed by atoms with Crippen molar-refractivity contribution in [1.82, 2.24) is 10.6 Å². The average molecular weight is 250 g/mol. The van der Waals surface area contributed by atoms with Crippen LogP contribution in [0.4, 0.5) is 0 Å². The number of hydrogen-bond acceptors (Lipinski definition) is 3. The fourth-order valence-corrected chi connectivity index (χ4v) is 1.89. The molecule has 0 heterocycles. The lowest BCUT2D eigenvalue weighted by atomic mass is 9.84. The van der Waals surface area contributed by atoms with Gasteiger partial charge in [0, 0.05) is 25.0 Å². The van der Waals surface area contributed by atoms with Crippen molar-refractivity contribution in [3.05, 3.63) is 29.8 Å². The van der Waals surface area contributed by atoms with Gasteiger partial charge in [-0.15, -0.1) is 0 Å². The van der Waals surface area contributed by atoms with Gasteiger partial charge in [-0.3, -0.25) is 0 Å². The Morgan fingerprint density at radius 1 is 1.11 bits per heavy atom. The van der Waals surface area contributed by atoms with Crippen molar-refractivity contribution in [2.75, 3.05) is 33.3 Å². The van der Waals surface area contributed by atoms with Crippen molar-refractivity contribution in [2.45, 2.75) is 26.2 Å².